The predicted molar refractivity (Wildman–Crippen MR) is 149 cm³/mol. The smallest absolute Gasteiger partial charge is 0.123 e. The summed E-state index contributed by atoms with van der Waals surface area (Å²) in [6.07, 6.45) is 0.955. The molecule has 0 saturated carbocycles. The maximum Gasteiger partial charge on any atom is 0.123 e. The van der Waals surface area contributed by atoms with Crippen molar-refractivity contribution in [1.29, 1.82) is 0 Å². The molecule has 9 heteroatoms. The highest BCUT2D eigenvalue weighted by Gasteiger charge is 2.23. The lowest BCUT2D eigenvalue weighted by Crippen LogP contribution is -2.48. The van der Waals surface area contributed by atoms with E-state index in [4.69, 9.17) is 4.74 Å². The summed E-state index contributed by atoms with van der Waals surface area (Å²) >= 11 is 0. The maximum atomic E-state index is 13.5. The number of hydrogen-bond donors (Lipinski definition) is 2. The summed E-state index contributed by atoms with van der Waals surface area (Å²) in [4.78, 5) is 2.42. The van der Waals surface area contributed by atoms with E-state index < -0.39 is 12.2 Å². The Kier molecular flexibility index (Phi) is 13.6. The van der Waals surface area contributed by atoms with Crippen molar-refractivity contribution < 1.29 is 23.0 Å². The molecular weight excluding hydrogens is 536 g/mol. The van der Waals surface area contributed by atoms with Crippen LogP contribution in [0.15, 0.2) is 72.8 Å². The number of aliphatic hydroxyl groups is 1. The number of benzene rings is 3. The van der Waals surface area contributed by atoms with Gasteiger partial charge in [0.2, 0.25) is 0 Å². The van der Waals surface area contributed by atoms with Crippen molar-refractivity contribution in [3.05, 3.63) is 107 Å². The molecule has 0 aromatic heterocycles. The fraction of sp³-hybridized carbons (Fsp3) is 0.379. The molecule has 0 radical (unpaired) electrons. The molecule has 2 N–H and O–H groups in total. The van der Waals surface area contributed by atoms with Crippen molar-refractivity contribution in [3.8, 4) is 0 Å². The quantitative estimate of drug-likeness (QED) is 0.287. The van der Waals surface area contributed by atoms with E-state index in [0.29, 0.717) is 18.6 Å². The largest absolute Gasteiger partial charge is 0.388 e. The molecule has 0 spiro atoms. The molecule has 1 saturated heterocycles. The molecular formula is C29H35Cl2F3N2O2. The first-order chi connectivity index (χ1) is 17.5. The monoisotopic (exact) mass is 570 g/mol. The van der Waals surface area contributed by atoms with Gasteiger partial charge in [-0.2, -0.15) is 0 Å². The van der Waals surface area contributed by atoms with E-state index in [1.165, 1.54) is 36.4 Å². The standard InChI is InChI=1S/C29H33F3N2O2.2ClH/c30-24-7-1-21(2-8-24)28(35)14-13-27(34-18-16-33-17-19-34)15-20-36-29(22-3-9-25(31)10-4-22)23-5-11-26(32)12-6-23;;/h1-12,27-29,33,35H,13-20H2;2*1H. The van der Waals surface area contributed by atoms with Gasteiger partial charge in [-0.05, 0) is 72.4 Å². The van der Waals surface area contributed by atoms with E-state index in [1.807, 2.05) is 0 Å². The van der Waals surface area contributed by atoms with Gasteiger partial charge in [-0.1, -0.05) is 36.4 Å². The van der Waals surface area contributed by atoms with Gasteiger partial charge in [0.25, 0.3) is 0 Å². The normalized spacial score (nSPS) is 15.4. The zero-order chi connectivity index (χ0) is 25.3. The van der Waals surface area contributed by atoms with Crippen LogP contribution in [0, 0.1) is 17.5 Å². The lowest BCUT2D eigenvalue weighted by molar-refractivity contribution is 0.0483. The maximum absolute atomic E-state index is 13.5. The number of nitrogens with one attached hydrogen (secondary N) is 1. The number of piperazine rings is 1. The van der Waals surface area contributed by atoms with Gasteiger partial charge in [0.1, 0.15) is 23.6 Å². The summed E-state index contributed by atoms with van der Waals surface area (Å²) in [5.41, 5.74) is 2.31. The first-order valence-electron chi connectivity index (χ1n) is 12.5. The fourth-order valence-corrected chi connectivity index (χ4v) is 4.74. The highest BCUT2D eigenvalue weighted by molar-refractivity contribution is 5.85. The summed E-state index contributed by atoms with van der Waals surface area (Å²) in [6, 6.07) is 18.5. The van der Waals surface area contributed by atoms with Gasteiger partial charge >= 0.3 is 0 Å². The van der Waals surface area contributed by atoms with Crippen LogP contribution in [0.3, 0.4) is 0 Å². The average Bonchev–Trinajstić information content (AvgIpc) is 2.90. The van der Waals surface area contributed by atoms with Crippen LogP contribution in [-0.2, 0) is 4.74 Å². The molecule has 4 rings (SSSR count). The highest BCUT2D eigenvalue weighted by Crippen LogP contribution is 2.28. The molecule has 1 aliphatic rings. The summed E-state index contributed by atoms with van der Waals surface area (Å²) in [6.45, 7) is 4.09. The summed E-state index contributed by atoms with van der Waals surface area (Å²) < 4.78 is 46.6. The van der Waals surface area contributed by atoms with Crippen molar-refractivity contribution in [1.82, 2.24) is 10.2 Å². The third-order valence-corrected chi connectivity index (χ3v) is 6.78. The van der Waals surface area contributed by atoms with E-state index in [1.54, 1.807) is 36.4 Å². The van der Waals surface area contributed by atoms with Crippen LogP contribution in [0.4, 0.5) is 13.2 Å². The molecule has 4 nitrogen and oxygen atoms in total. The second kappa shape index (κ2) is 16.1. The molecule has 0 aliphatic carbocycles. The van der Waals surface area contributed by atoms with Crippen molar-refractivity contribution in [2.24, 2.45) is 0 Å². The van der Waals surface area contributed by atoms with E-state index >= 15 is 0 Å². The number of hydrogen-bond acceptors (Lipinski definition) is 4. The Morgan fingerprint density at radius 3 is 1.61 bits per heavy atom. The number of halogens is 5. The van der Waals surface area contributed by atoms with Gasteiger partial charge in [-0.25, -0.2) is 13.2 Å². The van der Waals surface area contributed by atoms with Gasteiger partial charge in [0.05, 0.1) is 6.10 Å². The summed E-state index contributed by atoms with van der Waals surface area (Å²) in [5, 5.41) is 14.0. The second-order valence-electron chi connectivity index (χ2n) is 9.23. The van der Waals surface area contributed by atoms with Crippen molar-refractivity contribution in [2.75, 3.05) is 32.8 Å². The molecule has 38 heavy (non-hydrogen) atoms. The lowest BCUT2D eigenvalue weighted by atomic mass is 9.98. The summed E-state index contributed by atoms with van der Waals surface area (Å²) in [7, 11) is 0. The molecule has 208 valence electrons. The second-order valence-corrected chi connectivity index (χ2v) is 9.23. The Morgan fingerprint density at radius 1 is 0.684 bits per heavy atom. The van der Waals surface area contributed by atoms with Crippen LogP contribution >= 0.6 is 24.8 Å². The topological polar surface area (TPSA) is 44.7 Å². The number of ether oxygens (including phenoxy) is 1. The van der Waals surface area contributed by atoms with E-state index in [2.05, 4.69) is 10.2 Å². The third-order valence-electron chi connectivity index (χ3n) is 6.78. The molecule has 0 bridgehead atoms. The van der Waals surface area contributed by atoms with Crippen LogP contribution in [0.25, 0.3) is 0 Å². The lowest BCUT2D eigenvalue weighted by Gasteiger charge is -2.35. The zero-order valence-corrected chi connectivity index (χ0v) is 22.7. The molecule has 1 aliphatic heterocycles. The zero-order valence-electron chi connectivity index (χ0n) is 21.1. The number of nitrogens with zero attached hydrogens (tertiary/aromatic N) is 1. The molecule has 2 unspecified atom stereocenters. The van der Waals surface area contributed by atoms with E-state index in [9.17, 15) is 18.3 Å². The van der Waals surface area contributed by atoms with Crippen LogP contribution in [0.1, 0.15) is 48.2 Å². The van der Waals surface area contributed by atoms with Gasteiger partial charge in [0.15, 0.2) is 0 Å². The van der Waals surface area contributed by atoms with Crippen LogP contribution in [-0.4, -0.2) is 48.8 Å². The minimum absolute atomic E-state index is 0. The molecule has 1 fully saturated rings. The molecule has 3 aromatic rings. The number of aliphatic hydroxyl groups excluding tert-OH is 1. The third kappa shape index (κ3) is 9.26. The van der Waals surface area contributed by atoms with Crippen molar-refractivity contribution >= 4 is 24.8 Å². The van der Waals surface area contributed by atoms with Gasteiger partial charge in [-0.3, -0.25) is 4.90 Å². The fourth-order valence-electron chi connectivity index (χ4n) is 4.74. The summed E-state index contributed by atoms with van der Waals surface area (Å²) in [5.74, 6) is -0.969. The molecule has 1 heterocycles. The Balaban J connectivity index is 0.00000253. The van der Waals surface area contributed by atoms with Crippen LogP contribution in [0.5, 0.6) is 0 Å². The predicted octanol–water partition coefficient (Wildman–Crippen LogP) is 6.23. The molecule has 0 amide bonds. The number of rotatable bonds is 11. The van der Waals surface area contributed by atoms with Gasteiger partial charge in [-0.15, -0.1) is 24.8 Å². The first kappa shape index (κ1) is 32.1. The highest BCUT2D eigenvalue weighted by atomic mass is 35.5. The van der Waals surface area contributed by atoms with Gasteiger partial charge < -0.3 is 15.2 Å². The average molecular weight is 572 g/mol. The Hall–Kier alpha value is -2.13. The minimum Gasteiger partial charge on any atom is -0.388 e. The molecule has 2 atom stereocenters. The van der Waals surface area contributed by atoms with Gasteiger partial charge in [0, 0.05) is 38.8 Å². The molecule has 3 aromatic carbocycles. The van der Waals surface area contributed by atoms with E-state index in [0.717, 1.165) is 50.1 Å². The first-order valence-corrected chi connectivity index (χ1v) is 12.5. The Labute approximate surface area is 235 Å². The van der Waals surface area contributed by atoms with Crippen molar-refractivity contribution in [2.45, 2.75) is 37.5 Å². The van der Waals surface area contributed by atoms with Crippen LogP contribution < -0.4 is 5.32 Å². The van der Waals surface area contributed by atoms with E-state index in [-0.39, 0.29) is 48.3 Å². The Bertz CT molecular complexity index is 1020. The van der Waals surface area contributed by atoms with Crippen molar-refractivity contribution in [3.63, 3.8) is 0 Å². The Morgan fingerprint density at radius 2 is 1.13 bits per heavy atom. The van der Waals surface area contributed by atoms with Crippen LogP contribution in [0.2, 0.25) is 0 Å². The minimum atomic E-state index is -0.664. The SMILES string of the molecule is Cl.Cl.OC(CCC(CCOC(c1ccc(F)cc1)c1ccc(F)cc1)N1CCNCC1)c1ccc(F)cc1.